The van der Waals surface area contributed by atoms with E-state index < -0.39 is 24.2 Å². The number of hydrogen-bond donors (Lipinski definition) is 1. The maximum absolute atomic E-state index is 14.6. The highest BCUT2D eigenvalue weighted by Crippen LogP contribution is 2.45. The molecule has 2 aliphatic carbocycles. The second-order valence-electron chi connectivity index (χ2n) is 11.3. The number of nitrogens with zero attached hydrogens (tertiary/aromatic N) is 1. The standard InChI is InChI=1S/C28H45NO3SSi/c1-28(2,3)34(5,6)32-26-21-13-8-7-12-20-25(30)27(24-19-15-14-18-23(24)26)33(31,29-4)22-16-10-9-11-17-22/h7-11,16-17,23,25-26,30H,12-15,18-21H2,1-6H3/b8-7+,27-24-/t23-,25-,26?,33?/m1/s1. The predicted octanol–water partition coefficient (Wildman–Crippen LogP) is 7.47. The Morgan fingerprint density at radius 3 is 2.29 bits per heavy atom. The van der Waals surface area contributed by atoms with Gasteiger partial charge in [-0.15, -0.1) is 0 Å². The normalized spacial score (nSPS) is 29.9. The minimum Gasteiger partial charge on any atom is -0.413 e. The van der Waals surface area contributed by atoms with Gasteiger partial charge in [-0.3, -0.25) is 0 Å². The first-order chi connectivity index (χ1) is 16.0. The molecule has 1 aromatic carbocycles. The van der Waals surface area contributed by atoms with Crippen LogP contribution in [0, 0.1) is 5.92 Å². The minimum atomic E-state index is -2.92. The number of fused-ring (bicyclic) bond motifs is 1. The van der Waals surface area contributed by atoms with E-state index in [4.69, 9.17) is 4.43 Å². The number of aliphatic hydroxyl groups is 1. The highest BCUT2D eigenvalue weighted by molar-refractivity contribution is 7.97. The van der Waals surface area contributed by atoms with Crippen molar-refractivity contribution >= 4 is 18.0 Å². The molecular formula is C28H45NO3SSi. The van der Waals surface area contributed by atoms with Crippen LogP contribution in [0.15, 0.2) is 62.2 Å². The minimum absolute atomic E-state index is 0.0671. The molecule has 2 unspecified atom stereocenters. The molecule has 0 spiro atoms. The van der Waals surface area contributed by atoms with E-state index in [-0.39, 0.29) is 17.1 Å². The van der Waals surface area contributed by atoms with E-state index in [1.165, 1.54) is 0 Å². The van der Waals surface area contributed by atoms with Gasteiger partial charge in [-0.05, 0) is 80.8 Å². The van der Waals surface area contributed by atoms with E-state index in [0.717, 1.165) is 50.5 Å². The van der Waals surface area contributed by atoms with Crippen molar-refractivity contribution in [2.24, 2.45) is 10.3 Å². The Morgan fingerprint density at radius 1 is 1.03 bits per heavy atom. The Kier molecular flexibility index (Phi) is 9.05. The average molecular weight is 504 g/mol. The van der Waals surface area contributed by atoms with Crippen LogP contribution < -0.4 is 0 Å². The molecule has 0 saturated heterocycles. The van der Waals surface area contributed by atoms with Gasteiger partial charge in [0.2, 0.25) is 0 Å². The third-order valence-corrected chi connectivity index (χ3v) is 15.0. The molecule has 3 rings (SSSR count). The van der Waals surface area contributed by atoms with Crippen molar-refractivity contribution in [1.82, 2.24) is 0 Å². The van der Waals surface area contributed by atoms with E-state index in [1.807, 2.05) is 30.3 Å². The van der Waals surface area contributed by atoms with Crippen LogP contribution in [0.5, 0.6) is 0 Å². The van der Waals surface area contributed by atoms with Gasteiger partial charge in [0, 0.05) is 13.0 Å². The van der Waals surface area contributed by atoms with E-state index in [1.54, 1.807) is 7.05 Å². The van der Waals surface area contributed by atoms with E-state index in [2.05, 4.69) is 50.4 Å². The summed E-state index contributed by atoms with van der Waals surface area (Å²) in [7, 11) is -3.28. The Balaban J connectivity index is 2.21. The van der Waals surface area contributed by atoms with Crippen molar-refractivity contribution < 1.29 is 13.7 Å². The smallest absolute Gasteiger partial charge is 0.192 e. The van der Waals surface area contributed by atoms with Crippen LogP contribution >= 0.6 is 0 Å². The Bertz CT molecular complexity index is 1000. The van der Waals surface area contributed by atoms with Gasteiger partial charge in [-0.2, -0.15) is 0 Å². The molecule has 0 radical (unpaired) electrons. The molecule has 0 heterocycles. The molecule has 1 fully saturated rings. The fourth-order valence-electron chi connectivity index (χ4n) is 5.05. The summed E-state index contributed by atoms with van der Waals surface area (Å²) in [5.74, 6) is 0.172. The molecule has 1 N–H and O–H groups in total. The van der Waals surface area contributed by atoms with Crippen LogP contribution in [-0.2, 0) is 14.2 Å². The Hall–Kier alpha value is -1.21. The van der Waals surface area contributed by atoms with Crippen molar-refractivity contribution in [3.63, 3.8) is 0 Å². The van der Waals surface area contributed by atoms with Crippen LogP contribution in [0.3, 0.4) is 0 Å². The van der Waals surface area contributed by atoms with Crippen LogP contribution in [-0.4, -0.2) is 36.9 Å². The largest absolute Gasteiger partial charge is 0.413 e. The molecule has 0 aliphatic heterocycles. The summed E-state index contributed by atoms with van der Waals surface area (Å²) < 4.78 is 26.2. The highest BCUT2D eigenvalue weighted by Gasteiger charge is 2.43. The second kappa shape index (κ2) is 11.2. The lowest BCUT2D eigenvalue weighted by Gasteiger charge is -2.43. The molecule has 4 nitrogen and oxygen atoms in total. The molecule has 0 amide bonds. The summed E-state index contributed by atoms with van der Waals surface area (Å²) >= 11 is 0. The van der Waals surface area contributed by atoms with Gasteiger partial charge < -0.3 is 9.53 Å². The maximum atomic E-state index is 14.6. The zero-order valence-electron chi connectivity index (χ0n) is 22.0. The molecule has 0 bridgehead atoms. The lowest BCUT2D eigenvalue weighted by molar-refractivity contribution is 0.110. The summed E-state index contributed by atoms with van der Waals surface area (Å²) in [6.07, 6.45) is 11.0. The molecule has 34 heavy (non-hydrogen) atoms. The predicted molar refractivity (Wildman–Crippen MR) is 146 cm³/mol. The molecule has 2 aliphatic rings. The van der Waals surface area contributed by atoms with Crippen molar-refractivity contribution in [2.75, 3.05) is 7.05 Å². The first-order valence-corrected chi connectivity index (χ1v) is 17.4. The lowest BCUT2D eigenvalue weighted by atomic mass is 9.78. The monoisotopic (exact) mass is 503 g/mol. The summed E-state index contributed by atoms with van der Waals surface area (Å²) in [5, 5.41) is 11.7. The summed E-state index contributed by atoms with van der Waals surface area (Å²) in [6.45, 7) is 11.5. The van der Waals surface area contributed by atoms with Crippen molar-refractivity contribution in [3.8, 4) is 0 Å². The van der Waals surface area contributed by atoms with Crippen LogP contribution in [0.4, 0.5) is 0 Å². The fourth-order valence-corrected chi connectivity index (χ4v) is 8.72. The fraction of sp³-hybridized carbons (Fsp3) is 0.643. The van der Waals surface area contributed by atoms with Crippen LogP contribution in [0.2, 0.25) is 18.1 Å². The number of allylic oxidation sites excluding steroid dienone is 2. The van der Waals surface area contributed by atoms with Gasteiger partial charge >= 0.3 is 0 Å². The van der Waals surface area contributed by atoms with Crippen molar-refractivity contribution in [2.45, 2.75) is 107 Å². The zero-order chi connectivity index (χ0) is 25.0. The number of benzene rings is 1. The number of hydrogen-bond acceptors (Lipinski definition) is 4. The van der Waals surface area contributed by atoms with E-state index in [0.29, 0.717) is 16.2 Å². The summed E-state index contributed by atoms with van der Waals surface area (Å²) in [4.78, 5) is 1.36. The topological polar surface area (TPSA) is 58.9 Å². The SMILES string of the molecule is CN=S(=O)(/C1=C2/CCCC[C@H]2C(O[Si](C)(C)C(C)(C)C)CC/C=C/CC[C@H]1O)c1ccccc1. The molecule has 1 aromatic rings. The van der Waals surface area contributed by atoms with Crippen molar-refractivity contribution in [1.29, 1.82) is 0 Å². The zero-order valence-corrected chi connectivity index (χ0v) is 23.9. The summed E-state index contributed by atoms with van der Waals surface area (Å²) in [6, 6.07) is 9.53. The van der Waals surface area contributed by atoms with Crippen LogP contribution in [0.1, 0.15) is 72.1 Å². The third-order valence-electron chi connectivity index (χ3n) is 7.99. The molecule has 4 atom stereocenters. The van der Waals surface area contributed by atoms with Gasteiger partial charge in [0.15, 0.2) is 8.32 Å². The first-order valence-electron chi connectivity index (χ1n) is 13.0. The van der Waals surface area contributed by atoms with Crippen molar-refractivity contribution in [3.05, 3.63) is 53.0 Å². The Morgan fingerprint density at radius 2 is 1.68 bits per heavy atom. The van der Waals surface area contributed by atoms with Gasteiger partial charge in [-0.1, -0.05) is 57.5 Å². The van der Waals surface area contributed by atoms with E-state index >= 15 is 0 Å². The second-order valence-corrected chi connectivity index (χ2v) is 18.4. The van der Waals surface area contributed by atoms with Gasteiger partial charge in [0.1, 0.15) is 9.73 Å². The molecule has 6 heteroatoms. The quantitative estimate of drug-likeness (QED) is 0.342. The van der Waals surface area contributed by atoms with Gasteiger partial charge in [-0.25, -0.2) is 8.57 Å². The molecular weight excluding hydrogens is 458 g/mol. The van der Waals surface area contributed by atoms with Gasteiger partial charge in [0.05, 0.1) is 22.0 Å². The molecule has 0 aromatic heterocycles. The number of aliphatic hydroxyl groups excluding tert-OH is 1. The third kappa shape index (κ3) is 5.94. The van der Waals surface area contributed by atoms with Crippen LogP contribution in [0.25, 0.3) is 0 Å². The molecule has 190 valence electrons. The maximum Gasteiger partial charge on any atom is 0.192 e. The first kappa shape index (κ1) is 27.4. The lowest BCUT2D eigenvalue weighted by Crippen LogP contribution is -2.46. The Labute approximate surface area is 209 Å². The van der Waals surface area contributed by atoms with E-state index in [9.17, 15) is 9.32 Å². The average Bonchev–Trinajstić information content (AvgIpc) is 2.83. The highest BCUT2D eigenvalue weighted by atomic mass is 32.2. The van der Waals surface area contributed by atoms with Gasteiger partial charge in [0.25, 0.3) is 0 Å². The summed E-state index contributed by atoms with van der Waals surface area (Å²) in [5.41, 5.74) is 1.16. The number of rotatable bonds is 4. The molecule has 1 saturated carbocycles.